The minimum absolute atomic E-state index is 0.647. The van der Waals surface area contributed by atoms with Crippen LogP contribution in [0.3, 0.4) is 0 Å². The number of guanidine groups is 1. The molecule has 0 fully saturated rings. The molecular formula is C19H25N3O2. The molecule has 24 heavy (non-hydrogen) atoms. The molecule has 0 bridgehead atoms. The molecule has 0 spiro atoms. The Labute approximate surface area is 143 Å². The Kier molecular flexibility index (Phi) is 6.49. The summed E-state index contributed by atoms with van der Waals surface area (Å²) in [5.74, 6) is 2.20. The van der Waals surface area contributed by atoms with Gasteiger partial charge < -0.3 is 20.1 Å². The number of aryl methyl sites for hydroxylation is 1. The van der Waals surface area contributed by atoms with E-state index in [1.807, 2.05) is 18.2 Å². The van der Waals surface area contributed by atoms with Crippen molar-refractivity contribution in [1.29, 1.82) is 0 Å². The molecule has 0 aliphatic rings. The van der Waals surface area contributed by atoms with Crippen molar-refractivity contribution in [2.45, 2.75) is 20.0 Å². The van der Waals surface area contributed by atoms with E-state index in [0.717, 1.165) is 29.6 Å². The summed E-state index contributed by atoms with van der Waals surface area (Å²) in [5, 5.41) is 6.62. The summed E-state index contributed by atoms with van der Waals surface area (Å²) < 4.78 is 10.6. The fourth-order valence-corrected chi connectivity index (χ4v) is 2.40. The van der Waals surface area contributed by atoms with Crippen LogP contribution in [0, 0.1) is 6.92 Å². The van der Waals surface area contributed by atoms with Crippen LogP contribution in [0.1, 0.15) is 16.7 Å². The van der Waals surface area contributed by atoms with Gasteiger partial charge in [0.1, 0.15) is 0 Å². The highest BCUT2D eigenvalue weighted by Gasteiger charge is 2.05. The molecule has 0 aromatic heterocycles. The Morgan fingerprint density at radius 1 is 0.917 bits per heavy atom. The van der Waals surface area contributed by atoms with E-state index in [1.54, 1.807) is 21.3 Å². The van der Waals surface area contributed by atoms with Gasteiger partial charge in [-0.3, -0.25) is 4.99 Å². The van der Waals surface area contributed by atoms with E-state index >= 15 is 0 Å². The molecule has 2 aromatic carbocycles. The van der Waals surface area contributed by atoms with Crippen LogP contribution in [0.15, 0.2) is 47.5 Å². The van der Waals surface area contributed by atoms with Crippen LogP contribution in [-0.2, 0) is 13.1 Å². The number of hydrogen-bond donors (Lipinski definition) is 2. The number of methoxy groups -OCH3 is 2. The Balaban J connectivity index is 1.92. The quantitative estimate of drug-likeness (QED) is 0.633. The molecule has 0 atom stereocenters. The molecule has 2 aromatic rings. The molecule has 0 aliphatic carbocycles. The van der Waals surface area contributed by atoms with Gasteiger partial charge in [-0.05, 0) is 30.2 Å². The third kappa shape index (κ3) is 4.91. The highest BCUT2D eigenvalue weighted by molar-refractivity contribution is 5.79. The van der Waals surface area contributed by atoms with E-state index in [1.165, 1.54) is 11.1 Å². The van der Waals surface area contributed by atoms with Gasteiger partial charge in [-0.25, -0.2) is 0 Å². The lowest BCUT2D eigenvalue weighted by atomic mass is 10.1. The summed E-state index contributed by atoms with van der Waals surface area (Å²) in [7, 11) is 5.03. The number of rotatable bonds is 6. The van der Waals surface area contributed by atoms with E-state index in [-0.39, 0.29) is 0 Å². The number of nitrogens with one attached hydrogen (secondary N) is 2. The van der Waals surface area contributed by atoms with Gasteiger partial charge in [0.05, 0.1) is 14.2 Å². The molecule has 0 radical (unpaired) electrons. The van der Waals surface area contributed by atoms with E-state index in [2.05, 4.69) is 46.8 Å². The summed E-state index contributed by atoms with van der Waals surface area (Å²) in [5.41, 5.74) is 3.57. The van der Waals surface area contributed by atoms with E-state index in [0.29, 0.717) is 6.54 Å². The predicted octanol–water partition coefficient (Wildman–Crippen LogP) is 2.88. The van der Waals surface area contributed by atoms with Crippen molar-refractivity contribution in [3.63, 3.8) is 0 Å². The van der Waals surface area contributed by atoms with Crippen molar-refractivity contribution in [2.24, 2.45) is 4.99 Å². The molecule has 128 valence electrons. The maximum atomic E-state index is 5.33. The second-order valence-corrected chi connectivity index (χ2v) is 5.46. The first-order valence-corrected chi connectivity index (χ1v) is 7.87. The Morgan fingerprint density at radius 2 is 1.58 bits per heavy atom. The summed E-state index contributed by atoms with van der Waals surface area (Å²) in [6.45, 7) is 3.47. The molecule has 0 saturated carbocycles. The van der Waals surface area contributed by atoms with Crippen molar-refractivity contribution in [3.8, 4) is 11.5 Å². The highest BCUT2D eigenvalue weighted by atomic mass is 16.5. The first-order chi connectivity index (χ1) is 11.7. The average molecular weight is 327 g/mol. The fraction of sp³-hybridized carbons (Fsp3) is 0.316. The van der Waals surface area contributed by atoms with Crippen LogP contribution in [0.2, 0.25) is 0 Å². The van der Waals surface area contributed by atoms with E-state index in [9.17, 15) is 0 Å². The van der Waals surface area contributed by atoms with Crippen molar-refractivity contribution in [2.75, 3.05) is 21.3 Å². The van der Waals surface area contributed by atoms with Crippen LogP contribution < -0.4 is 20.1 Å². The fourth-order valence-electron chi connectivity index (χ4n) is 2.40. The van der Waals surface area contributed by atoms with Crippen molar-refractivity contribution < 1.29 is 9.47 Å². The van der Waals surface area contributed by atoms with Gasteiger partial charge in [0.15, 0.2) is 17.5 Å². The third-order valence-electron chi connectivity index (χ3n) is 3.67. The molecular weight excluding hydrogens is 302 g/mol. The molecule has 0 heterocycles. The van der Waals surface area contributed by atoms with Crippen LogP contribution in [-0.4, -0.2) is 27.2 Å². The Bertz CT molecular complexity index is 699. The van der Waals surface area contributed by atoms with Crippen molar-refractivity contribution in [1.82, 2.24) is 10.6 Å². The van der Waals surface area contributed by atoms with Gasteiger partial charge in [0, 0.05) is 20.1 Å². The summed E-state index contributed by atoms with van der Waals surface area (Å²) >= 11 is 0. The Hall–Kier alpha value is -2.69. The SMILES string of the molecule is CN=C(NCc1cccc(C)c1)NCc1ccc(OC)c(OC)c1. The predicted molar refractivity (Wildman–Crippen MR) is 97.8 cm³/mol. The molecule has 2 N–H and O–H groups in total. The maximum Gasteiger partial charge on any atom is 0.191 e. The van der Waals surface area contributed by atoms with Gasteiger partial charge in [-0.2, -0.15) is 0 Å². The number of nitrogens with zero attached hydrogens (tertiary/aromatic N) is 1. The van der Waals surface area contributed by atoms with Gasteiger partial charge in [-0.1, -0.05) is 35.9 Å². The smallest absolute Gasteiger partial charge is 0.191 e. The number of aliphatic imine (C=N–C) groups is 1. The van der Waals surface area contributed by atoms with Crippen LogP contribution in [0.25, 0.3) is 0 Å². The molecule has 5 nitrogen and oxygen atoms in total. The molecule has 2 rings (SSSR count). The van der Waals surface area contributed by atoms with Crippen LogP contribution in [0.4, 0.5) is 0 Å². The van der Waals surface area contributed by atoms with Crippen molar-refractivity contribution in [3.05, 3.63) is 59.2 Å². The molecule has 0 aliphatic heterocycles. The molecule has 0 saturated heterocycles. The van der Waals surface area contributed by atoms with Crippen LogP contribution >= 0.6 is 0 Å². The summed E-state index contributed by atoms with van der Waals surface area (Å²) in [4.78, 5) is 4.26. The zero-order valence-corrected chi connectivity index (χ0v) is 14.7. The first-order valence-electron chi connectivity index (χ1n) is 7.87. The highest BCUT2D eigenvalue weighted by Crippen LogP contribution is 2.27. The average Bonchev–Trinajstić information content (AvgIpc) is 2.61. The number of hydrogen-bond acceptors (Lipinski definition) is 3. The lowest BCUT2D eigenvalue weighted by molar-refractivity contribution is 0.354. The molecule has 5 heteroatoms. The lowest BCUT2D eigenvalue weighted by Crippen LogP contribution is -2.36. The van der Waals surface area contributed by atoms with Gasteiger partial charge >= 0.3 is 0 Å². The minimum Gasteiger partial charge on any atom is -0.493 e. The second-order valence-electron chi connectivity index (χ2n) is 5.46. The second kappa shape index (κ2) is 8.82. The van der Waals surface area contributed by atoms with Crippen LogP contribution in [0.5, 0.6) is 11.5 Å². The lowest BCUT2D eigenvalue weighted by Gasteiger charge is -2.14. The largest absolute Gasteiger partial charge is 0.493 e. The maximum absolute atomic E-state index is 5.33. The first kappa shape index (κ1) is 17.7. The normalized spacial score (nSPS) is 11.1. The number of ether oxygens (including phenoxy) is 2. The molecule has 0 amide bonds. The minimum atomic E-state index is 0.647. The standard InChI is InChI=1S/C19H25N3O2/c1-14-6-5-7-15(10-14)12-21-19(20-2)22-13-16-8-9-17(23-3)18(11-16)24-4/h5-11H,12-13H2,1-4H3,(H2,20,21,22). The van der Waals surface area contributed by atoms with Gasteiger partial charge in [0.2, 0.25) is 0 Å². The summed E-state index contributed by atoms with van der Waals surface area (Å²) in [6, 6.07) is 14.3. The van der Waals surface area contributed by atoms with Gasteiger partial charge in [0.25, 0.3) is 0 Å². The third-order valence-corrected chi connectivity index (χ3v) is 3.67. The van der Waals surface area contributed by atoms with Crippen molar-refractivity contribution >= 4 is 5.96 Å². The van der Waals surface area contributed by atoms with E-state index < -0.39 is 0 Å². The molecule has 0 unspecified atom stereocenters. The van der Waals surface area contributed by atoms with Gasteiger partial charge in [-0.15, -0.1) is 0 Å². The monoisotopic (exact) mass is 327 g/mol. The number of benzene rings is 2. The van der Waals surface area contributed by atoms with E-state index in [4.69, 9.17) is 9.47 Å². The zero-order valence-electron chi connectivity index (χ0n) is 14.7. The summed E-state index contributed by atoms with van der Waals surface area (Å²) in [6.07, 6.45) is 0. The Morgan fingerprint density at radius 3 is 2.17 bits per heavy atom. The zero-order chi connectivity index (χ0) is 17.4. The topological polar surface area (TPSA) is 54.9 Å².